The van der Waals surface area contributed by atoms with Crippen LogP contribution < -0.4 is 5.32 Å². The molecule has 0 radical (unpaired) electrons. The van der Waals surface area contributed by atoms with Crippen LogP contribution in [0.1, 0.15) is 23.7 Å². The first kappa shape index (κ1) is 13.4. The Morgan fingerprint density at radius 1 is 1.19 bits per heavy atom. The van der Waals surface area contributed by atoms with Gasteiger partial charge in [-0.05, 0) is 24.6 Å². The van der Waals surface area contributed by atoms with Crippen LogP contribution in [0, 0.1) is 0 Å². The lowest BCUT2D eigenvalue weighted by atomic mass is 10.2. The molecular formula is C17H17N3O. The summed E-state index contributed by atoms with van der Waals surface area (Å²) in [5, 5.41) is 2.88. The van der Waals surface area contributed by atoms with Crippen molar-refractivity contribution in [1.82, 2.24) is 15.3 Å². The Hall–Kier alpha value is -2.62. The highest BCUT2D eigenvalue weighted by Gasteiger charge is 2.09. The van der Waals surface area contributed by atoms with Crippen molar-refractivity contribution < 1.29 is 4.79 Å². The third kappa shape index (κ3) is 2.79. The largest absolute Gasteiger partial charge is 0.352 e. The Balaban J connectivity index is 1.94. The summed E-state index contributed by atoms with van der Waals surface area (Å²) in [7, 11) is 0. The van der Waals surface area contributed by atoms with E-state index in [2.05, 4.69) is 15.3 Å². The number of nitrogens with zero attached hydrogens (tertiary/aromatic N) is 1. The van der Waals surface area contributed by atoms with Crippen molar-refractivity contribution in [3.8, 4) is 11.4 Å². The summed E-state index contributed by atoms with van der Waals surface area (Å²) < 4.78 is 0. The van der Waals surface area contributed by atoms with Crippen LogP contribution in [-0.2, 0) is 0 Å². The summed E-state index contributed by atoms with van der Waals surface area (Å²) in [5.74, 6) is 0.770. The fourth-order valence-corrected chi connectivity index (χ4v) is 2.22. The van der Waals surface area contributed by atoms with E-state index < -0.39 is 0 Å². The van der Waals surface area contributed by atoms with Gasteiger partial charge >= 0.3 is 0 Å². The van der Waals surface area contributed by atoms with Crippen molar-refractivity contribution in [2.75, 3.05) is 6.54 Å². The van der Waals surface area contributed by atoms with Crippen LogP contribution >= 0.6 is 0 Å². The van der Waals surface area contributed by atoms with Gasteiger partial charge in [-0.3, -0.25) is 4.79 Å². The Labute approximate surface area is 123 Å². The zero-order valence-electron chi connectivity index (χ0n) is 11.9. The van der Waals surface area contributed by atoms with Crippen LogP contribution in [0.25, 0.3) is 22.4 Å². The highest BCUT2D eigenvalue weighted by Crippen LogP contribution is 2.21. The number of hydrogen-bond donors (Lipinski definition) is 2. The third-order valence-electron chi connectivity index (χ3n) is 3.33. The minimum Gasteiger partial charge on any atom is -0.352 e. The minimum atomic E-state index is -0.0467. The highest BCUT2D eigenvalue weighted by molar-refractivity contribution is 5.97. The number of amides is 1. The van der Waals surface area contributed by atoms with E-state index in [0.29, 0.717) is 12.1 Å². The third-order valence-corrected chi connectivity index (χ3v) is 3.33. The predicted molar refractivity (Wildman–Crippen MR) is 84.2 cm³/mol. The van der Waals surface area contributed by atoms with Crippen LogP contribution in [-0.4, -0.2) is 22.4 Å². The molecule has 0 aliphatic heterocycles. The molecule has 0 bridgehead atoms. The van der Waals surface area contributed by atoms with Gasteiger partial charge in [-0.25, -0.2) is 4.98 Å². The van der Waals surface area contributed by atoms with Crippen LogP contribution in [0.2, 0.25) is 0 Å². The van der Waals surface area contributed by atoms with Gasteiger partial charge < -0.3 is 10.3 Å². The molecule has 106 valence electrons. The van der Waals surface area contributed by atoms with Gasteiger partial charge in [0, 0.05) is 17.7 Å². The molecular weight excluding hydrogens is 262 g/mol. The van der Waals surface area contributed by atoms with Crippen LogP contribution in [0.4, 0.5) is 0 Å². The van der Waals surface area contributed by atoms with Crippen molar-refractivity contribution in [3.05, 3.63) is 54.1 Å². The van der Waals surface area contributed by atoms with E-state index in [1.165, 1.54) is 0 Å². The maximum atomic E-state index is 12.0. The van der Waals surface area contributed by atoms with Gasteiger partial charge in [0.05, 0.1) is 11.0 Å². The number of hydrogen-bond acceptors (Lipinski definition) is 2. The standard InChI is InChI=1S/C17H17N3O/c1-2-10-18-17(21)13-8-9-14-15(11-13)20-16(19-14)12-6-4-3-5-7-12/h3-9,11H,2,10H2,1H3,(H,18,21)(H,19,20). The maximum absolute atomic E-state index is 12.0. The van der Waals surface area contributed by atoms with E-state index in [-0.39, 0.29) is 5.91 Å². The Kier molecular flexibility index (Phi) is 3.69. The van der Waals surface area contributed by atoms with Crippen LogP contribution in [0.3, 0.4) is 0 Å². The number of rotatable bonds is 4. The number of carbonyl (C=O) groups is 1. The van der Waals surface area contributed by atoms with E-state index >= 15 is 0 Å². The van der Waals surface area contributed by atoms with E-state index in [1.807, 2.05) is 55.5 Å². The number of H-pyrrole nitrogens is 1. The molecule has 0 unspecified atom stereocenters. The van der Waals surface area contributed by atoms with Gasteiger partial charge in [0.1, 0.15) is 5.82 Å². The first-order valence-corrected chi connectivity index (χ1v) is 7.11. The molecule has 21 heavy (non-hydrogen) atoms. The molecule has 2 N–H and O–H groups in total. The zero-order chi connectivity index (χ0) is 14.7. The molecule has 0 saturated heterocycles. The average Bonchev–Trinajstić information content (AvgIpc) is 2.96. The molecule has 0 atom stereocenters. The second-order valence-corrected chi connectivity index (χ2v) is 4.94. The topological polar surface area (TPSA) is 57.8 Å². The van der Waals surface area contributed by atoms with E-state index in [4.69, 9.17) is 0 Å². The number of imidazole rings is 1. The van der Waals surface area contributed by atoms with E-state index in [0.717, 1.165) is 28.8 Å². The summed E-state index contributed by atoms with van der Waals surface area (Å²) in [6.07, 6.45) is 0.927. The van der Waals surface area contributed by atoms with E-state index in [9.17, 15) is 4.79 Å². The van der Waals surface area contributed by atoms with Gasteiger partial charge in [0.25, 0.3) is 5.91 Å². The first-order chi connectivity index (χ1) is 10.3. The van der Waals surface area contributed by atoms with Crippen LogP contribution in [0.15, 0.2) is 48.5 Å². The number of carbonyl (C=O) groups excluding carboxylic acids is 1. The van der Waals surface area contributed by atoms with Crippen LogP contribution in [0.5, 0.6) is 0 Å². The molecule has 4 heteroatoms. The highest BCUT2D eigenvalue weighted by atomic mass is 16.1. The van der Waals surface area contributed by atoms with Gasteiger partial charge in [-0.1, -0.05) is 37.3 Å². The molecule has 1 amide bonds. The number of fused-ring (bicyclic) bond motifs is 1. The van der Waals surface area contributed by atoms with Crippen molar-refractivity contribution in [2.45, 2.75) is 13.3 Å². The van der Waals surface area contributed by atoms with Crippen molar-refractivity contribution >= 4 is 16.9 Å². The van der Waals surface area contributed by atoms with Gasteiger partial charge in [0.2, 0.25) is 0 Å². The SMILES string of the molecule is CCCNC(=O)c1ccc2nc(-c3ccccc3)[nH]c2c1. The molecule has 3 rings (SSSR count). The Morgan fingerprint density at radius 3 is 2.76 bits per heavy atom. The second kappa shape index (κ2) is 5.79. The summed E-state index contributed by atoms with van der Waals surface area (Å²) in [4.78, 5) is 19.8. The summed E-state index contributed by atoms with van der Waals surface area (Å²) >= 11 is 0. The maximum Gasteiger partial charge on any atom is 0.251 e. The monoisotopic (exact) mass is 279 g/mol. The lowest BCUT2D eigenvalue weighted by Crippen LogP contribution is -2.23. The first-order valence-electron chi connectivity index (χ1n) is 7.11. The molecule has 2 aromatic carbocycles. The number of aromatic amines is 1. The molecule has 1 aromatic heterocycles. The quantitative estimate of drug-likeness (QED) is 0.769. The van der Waals surface area contributed by atoms with Gasteiger partial charge in [-0.15, -0.1) is 0 Å². The smallest absolute Gasteiger partial charge is 0.251 e. The fourth-order valence-electron chi connectivity index (χ4n) is 2.22. The van der Waals surface area contributed by atoms with Gasteiger partial charge in [-0.2, -0.15) is 0 Å². The lowest BCUT2D eigenvalue weighted by molar-refractivity contribution is 0.0954. The van der Waals surface area contributed by atoms with Crippen molar-refractivity contribution in [2.24, 2.45) is 0 Å². The number of benzene rings is 2. The normalized spacial score (nSPS) is 10.7. The second-order valence-electron chi connectivity index (χ2n) is 4.94. The lowest BCUT2D eigenvalue weighted by Gasteiger charge is -2.02. The molecule has 0 aliphatic rings. The van der Waals surface area contributed by atoms with Gasteiger partial charge in [0.15, 0.2) is 0 Å². The molecule has 1 heterocycles. The minimum absolute atomic E-state index is 0.0467. The van der Waals surface area contributed by atoms with E-state index in [1.54, 1.807) is 0 Å². The van der Waals surface area contributed by atoms with Crippen molar-refractivity contribution in [3.63, 3.8) is 0 Å². The average molecular weight is 279 g/mol. The molecule has 3 aromatic rings. The molecule has 0 aliphatic carbocycles. The molecule has 0 spiro atoms. The zero-order valence-corrected chi connectivity index (χ0v) is 11.9. The Bertz CT molecular complexity index is 762. The molecule has 0 fully saturated rings. The molecule has 0 saturated carbocycles. The number of aromatic nitrogens is 2. The Morgan fingerprint density at radius 2 is 2.00 bits per heavy atom. The number of nitrogens with one attached hydrogen (secondary N) is 2. The summed E-state index contributed by atoms with van der Waals surface area (Å²) in [6, 6.07) is 15.5. The molecule has 4 nitrogen and oxygen atoms in total. The predicted octanol–water partition coefficient (Wildman–Crippen LogP) is 3.37. The van der Waals surface area contributed by atoms with Crippen molar-refractivity contribution in [1.29, 1.82) is 0 Å². The fraction of sp³-hybridized carbons (Fsp3) is 0.176. The summed E-state index contributed by atoms with van der Waals surface area (Å²) in [5.41, 5.74) is 3.42. The summed E-state index contributed by atoms with van der Waals surface area (Å²) in [6.45, 7) is 2.72.